The minimum atomic E-state index is -0.389. The first-order valence-corrected chi connectivity index (χ1v) is 12.4. The van der Waals surface area contributed by atoms with Gasteiger partial charge in [-0.15, -0.1) is 14.9 Å². The Labute approximate surface area is 208 Å². The highest BCUT2D eigenvalue weighted by Crippen LogP contribution is 2.31. The predicted molar refractivity (Wildman–Crippen MR) is 136 cm³/mol. The van der Waals surface area contributed by atoms with E-state index >= 15 is 0 Å². The quantitative estimate of drug-likeness (QED) is 0.391. The van der Waals surface area contributed by atoms with Crippen molar-refractivity contribution in [3.05, 3.63) is 83.1 Å². The van der Waals surface area contributed by atoms with Gasteiger partial charge >= 0.3 is 5.69 Å². The molecule has 4 aromatic rings. The van der Waals surface area contributed by atoms with E-state index in [9.17, 15) is 9.59 Å². The fourth-order valence-electron chi connectivity index (χ4n) is 4.85. The minimum absolute atomic E-state index is 0.143. The molecule has 0 bridgehead atoms. The first-order valence-electron chi connectivity index (χ1n) is 12.4. The van der Waals surface area contributed by atoms with Crippen molar-refractivity contribution >= 4 is 5.91 Å². The van der Waals surface area contributed by atoms with Crippen molar-refractivity contribution < 1.29 is 4.79 Å². The Bertz CT molecular complexity index is 1390. The molecule has 5 rings (SSSR count). The van der Waals surface area contributed by atoms with Gasteiger partial charge in [0.25, 0.3) is 5.91 Å². The highest BCUT2D eigenvalue weighted by atomic mass is 16.2. The van der Waals surface area contributed by atoms with E-state index in [2.05, 4.69) is 44.8 Å². The Morgan fingerprint density at radius 1 is 1.06 bits per heavy atom. The Kier molecular flexibility index (Phi) is 6.97. The number of hydrogen-bond acceptors (Lipinski definition) is 6. The predicted octanol–water partition coefficient (Wildman–Crippen LogP) is 4.35. The molecule has 0 unspecified atom stereocenters. The van der Waals surface area contributed by atoms with Gasteiger partial charge in [0.15, 0.2) is 0 Å². The van der Waals surface area contributed by atoms with E-state index in [4.69, 9.17) is 0 Å². The van der Waals surface area contributed by atoms with Crippen molar-refractivity contribution in [3.63, 3.8) is 0 Å². The molecule has 1 saturated carbocycles. The third-order valence-electron chi connectivity index (χ3n) is 6.84. The van der Waals surface area contributed by atoms with Crippen LogP contribution in [0, 0.1) is 11.8 Å². The monoisotopic (exact) mass is 483 g/mol. The molecule has 9 heteroatoms. The summed E-state index contributed by atoms with van der Waals surface area (Å²) in [6, 6.07) is 15.8. The SMILES string of the molecule is CCC=CC1CCC(C(=O)n2ncn(Cc3ccc(-c4ccccc4-c4nn[nH]n4)cc3)c2=O)CC1. The summed E-state index contributed by atoms with van der Waals surface area (Å²) in [5.41, 5.74) is 3.42. The maximum absolute atomic E-state index is 13.0. The van der Waals surface area contributed by atoms with Crippen molar-refractivity contribution in [1.82, 2.24) is 35.0 Å². The smallest absolute Gasteiger partial charge is 0.277 e. The molecule has 1 aliphatic carbocycles. The van der Waals surface area contributed by atoms with Gasteiger partial charge in [-0.2, -0.15) is 10.3 Å². The van der Waals surface area contributed by atoms with Crippen LogP contribution < -0.4 is 5.69 Å². The number of benzene rings is 2. The summed E-state index contributed by atoms with van der Waals surface area (Å²) in [7, 11) is 0. The van der Waals surface area contributed by atoms with Crippen LogP contribution in [0.4, 0.5) is 0 Å². The standard InChI is InChI=1S/C27H29N7O2/c1-2-3-6-19-9-15-22(16-10-19)26(35)34-27(36)33(18-28-34)17-20-11-13-21(14-12-20)23-7-4-5-8-24(23)25-29-31-32-30-25/h3-8,11-14,18-19,22H,2,9-10,15-17H2,1H3,(H,29,30,31,32). The number of aromatic nitrogens is 7. The molecule has 0 spiro atoms. The van der Waals surface area contributed by atoms with E-state index in [0.717, 1.165) is 59.0 Å². The normalized spacial score (nSPS) is 18.0. The number of carbonyl (C=O) groups is 1. The van der Waals surface area contributed by atoms with E-state index in [1.807, 2.05) is 48.5 Å². The minimum Gasteiger partial charge on any atom is -0.277 e. The topological polar surface area (TPSA) is 111 Å². The van der Waals surface area contributed by atoms with Crippen LogP contribution in [0.5, 0.6) is 0 Å². The molecule has 1 aliphatic rings. The van der Waals surface area contributed by atoms with Gasteiger partial charge in [-0.1, -0.05) is 67.6 Å². The molecule has 2 aromatic heterocycles. The molecule has 0 amide bonds. The summed E-state index contributed by atoms with van der Waals surface area (Å²) >= 11 is 0. The molecule has 36 heavy (non-hydrogen) atoms. The van der Waals surface area contributed by atoms with Crippen LogP contribution in [-0.4, -0.2) is 40.9 Å². The maximum Gasteiger partial charge on any atom is 0.353 e. The Hall–Kier alpha value is -4.14. The molecule has 0 atom stereocenters. The Morgan fingerprint density at radius 3 is 2.50 bits per heavy atom. The van der Waals surface area contributed by atoms with Gasteiger partial charge in [-0.3, -0.25) is 9.36 Å². The summed E-state index contributed by atoms with van der Waals surface area (Å²) in [6.07, 6.45) is 10.5. The maximum atomic E-state index is 13.0. The van der Waals surface area contributed by atoms with E-state index in [-0.39, 0.29) is 17.5 Å². The second-order valence-corrected chi connectivity index (χ2v) is 9.22. The van der Waals surface area contributed by atoms with Crippen LogP contribution in [0.1, 0.15) is 49.4 Å². The van der Waals surface area contributed by atoms with Crippen LogP contribution >= 0.6 is 0 Å². The van der Waals surface area contributed by atoms with Crippen LogP contribution in [0.25, 0.3) is 22.5 Å². The fraction of sp³-hybridized carbons (Fsp3) is 0.333. The fourth-order valence-corrected chi connectivity index (χ4v) is 4.85. The number of aromatic amines is 1. The second-order valence-electron chi connectivity index (χ2n) is 9.22. The largest absolute Gasteiger partial charge is 0.353 e. The van der Waals surface area contributed by atoms with Gasteiger partial charge in [0.2, 0.25) is 5.82 Å². The van der Waals surface area contributed by atoms with Gasteiger partial charge in [0, 0.05) is 11.5 Å². The average Bonchev–Trinajstić information content (AvgIpc) is 3.58. The van der Waals surface area contributed by atoms with Crippen molar-refractivity contribution in [2.24, 2.45) is 11.8 Å². The van der Waals surface area contributed by atoms with Crippen molar-refractivity contribution in [2.75, 3.05) is 0 Å². The molecule has 0 radical (unpaired) electrons. The zero-order chi connectivity index (χ0) is 24.9. The number of nitrogens with zero attached hydrogens (tertiary/aromatic N) is 6. The van der Waals surface area contributed by atoms with Gasteiger partial charge < -0.3 is 0 Å². The van der Waals surface area contributed by atoms with Crippen LogP contribution in [0.15, 0.2) is 71.8 Å². The van der Waals surface area contributed by atoms with Gasteiger partial charge in [-0.05, 0) is 59.9 Å². The lowest BCUT2D eigenvalue weighted by atomic mass is 9.81. The second kappa shape index (κ2) is 10.6. The summed E-state index contributed by atoms with van der Waals surface area (Å²) in [6.45, 7) is 2.47. The molecule has 2 aromatic carbocycles. The number of hydrogen-bond donors (Lipinski definition) is 1. The molecule has 1 N–H and O–H groups in total. The number of H-pyrrole nitrogens is 1. The van der Waals surface area contributed by atoms with Gasteiger partial charge in [0.1, 0.15) is 6.33 Å². The van der Waals surface area contributed by atoms with E-state index < -0.39 is 0 Å². The van der Waals surface area contributed by atoms with E-state index in [1.54, 1.807) is 0 Å². The highest BCUT2D eigenvalue weighted by Gasteiger charge is 2.28. The number of carbonyl (C=O) groups excluding carboxylic acids is 1. The molecular formula is C27H29N7O2. The Balaban J connectivity index is 1.27. The molecule has 9 nitrogen and oxygen atoms in total. The van der Waals surface area contributed by atoms with Crippen molar-refractivity contribution in [1.29, 1.82) is 0 Å². The average molecular weight is 484 g/mol. The number of tetrazole rings is 1. The van der Waals surface area contributed by atoms with Crippen LogP contribution in [0.2, 0.25) is 0 Å². The van der Waals surface area contributed by atoms with E-state index in [1.165, 1.54) is 10.9 Å². The molecule has 0 saturated heterocycles. The van der Waals surface area contributed by atoms with Gasteiger partial charge in [-0.25, -0.2) is 4.79 Å². The lowest BCUT2D eigenvalue weighted by Crippen LogP contribution is -2.35. The molecular weight excluding hydrogens is 454 g/mol. The van der Waals surface area contributed by atoms with Crippen LogP contribution in [0.3, 0.4) is 0 Å². The zero-order valence-electron chi connectivity index (χ0n) is 20.2. The van der Waals surface area contributed by atoms with Crippen molar-refractivity contribution in [2.45, 2.75) is 45.6 Å². The first-order chi connectivity index (χ1) is 17.6. The summed E-state index contributed by atoms with van der Waals surface area (Å²) in [5.74, 6) is 0.732. The first kappa shape index (κ1) is 23.6. The Morgan fingerprint density at radius 2 is 1.81 bits per heavy atom. The lowest BCUT2D eigenvalue weighted by Gasteiger charge is -2.25. The zero-order valence-corrected chi connectivity index (χ0v) is 20.2. The van der Waals surface area contributed by atoms with Crippen LogP contribution in [-0.2, 0) is 6.54 Å². The number of rotatable bonds is 7. The highest BCUT2D eigenvalue weighted by molar-refractivity contribution is 5.81. The van der Waals surface area contributed by atoms with Crippen molar-refractivity contribution in [3.8, 4) is 22.5 Å². The molecule has 2 heterocycles. The summed E-state index contributed by atoms with van der Waals surface area (Å²) in [5, 5.41) is 18.5. The molecule has 184 valence electrons. The third kappa shape index (κ3) is 4.95. The summed E-state index contributed by atoms with van der Waals surface area (Å²) in [4.78, 5) is 25.9. The third-order valence-corrected chi connectivity index (χ3v) is 6.84. The summed E-state index contributed by atoms with van der Waals surface area (Å²) < 4.78 is 2.53. The number of nitrogens with one attached hydrogen (secondary N) is 1. The van der Waals surface area contributed by atoms with Gasteiger partial charge in [0.05, 0.1) is 6.54 Å². The molecule has 1 fully saturated rings. The molecule has 0 aliphatic heterocycles. The lowest BCUT2D eigenvalue weighted by molar-refractivity contribution is 0.0768. The number of allylic oxidation sites excluding steroid dienone is 2. The van der Waals surface area contributed by atoms with E-state index in [0.29, 0.717) is 18.3 Å².